The molecule has 0 spiro atoms. The van der Waals surface area contributed by atoms with Crippen molar-refractivity contribution < 1.29 is 9.53 Å². The van der Waals surface area contributed by atoms with E-state index in [0.29, 0.717) is 13.2 Å². The Labute approximate surface area is 127 Å². The average Bonchev–Trinajstić information content (AvgIpc) is 2.44. The fraction of sp³-hybridized carbons (Fsp3) is 0.588. The predicted octanol–water partition coefficient (Wildman–Crippen LogP) is 2.13. The molecule has 1 saturated heterocycles. The standard InChI is InChI=1S/C17H26N2O2/c1-5-21-17-14(3)10-13(2)11-15(17)16(20)12-19-8-6-18(4)7-9-19/h10-11H,5-9,12H2,1-4H3. The second kappa shape index (κ2) is 7.05. The monoisotopic (exact) mass is 290 g/mol. The Bertz CT molecular complexity index is 506. The summed E-state index contributed by atoms with van der Waals surface area (Å²) in [6, 6.07) is 4.02. The van der Waals surface area contributed by atoms with Gasteiger partial charge >= 0.3 is 0 Å². The van der Waals surface area contributed by atoms with Gasteiger partial charge in [0, 0.05) is 26.2 Å². The number of aryl methyl sites for hydroxylation is 2. The summed E-state index contributed by atoms with van der Waals surface area (Å²) in [5.74, 6) is 0.914. The lowest BCUT2D eigenvalue weighted by Crippen LogP contribution is -2.46. The first kappa shape index (κ1) is 16.0. The highest BCUT2D eigenvalue weighted by Gasteiger charge is 2.21. The van der Waals surface area contributed by atoms with Crippen molar-refractivity contribution in [3.8, 4) is 5.75 Å². The molecule has 0 aromatic heterocycles. The normalized spacial score (nSPS) is 17.0. The maximum absolute atomic E-state index is 12.7. The molecule has 0 bridgehead atoms. The molecule has 4 nitrogen and oxygen atoms in total. The van der Waals surface area contributed by atoms with Crippen LogP contribution in [0.1, 0.15) is 28.4 Å². The van der Waals surface area contributed by atoms with Crippen LogP contribution in [0.4, 0.5) is 0 Å². The fourth-order valence-corrected chi connectivity index (χ4v) is 2.79. The summed E-state index contributed by atoms with van der Waals surface area (Å²) in [7, 11) is 2.12. The van der Waals surface area contributed by atoms with Crippen molar-refractivity contribution in [2.45, 2.75) is 20.8 Å². The van der Waals surface area contributed by atoms with E-state index in [-0.39, 0.29) is 5.78 Å². The largest absolute Gasteiger partial charge is 0.493 e. The number of rotatable bonds is 5. The molecule has 2 rings (SSSR count). The molecule has 0 radical (unpaired) electrons. The molecule has 1 fully saturated rings. The molecule has 0 saturated carbocycles. The number of hydrogen-bond acceptors (Lipinski definition) is 4. The summed E-state index contributed by atoms with van der Waals surface area (Å²) in [4.78, 5) is 17.2. The first-order valence-corrected chi connectivity index (χ1v) is 7.69. The van der Waals surface area contributed by atoms with Crippen molar-refractivity contribution in [3.63, 3.8) is 0 Å². The lowest BCUT2D eigenvalue weighted by Gasteiger charge is -2.31. The number of nitrogens with zero attached hydrogens (tertiary/aromatic N) is 2. The zero-order chi connectivity index (χ0) is 15.4. The number of carbonyl (C=O) groups is 1. The van der Waals surface area contributed by atoms with Crippen molar-refractivity contribution in [1.82, 2.24) is 9.80 Å². The summed E-state index contributed by atoms with van der Waals surface area (Å²) in [5.41, 5.74) is 2.88. The Hall–Kier alpha value is -1.39. The SMILES string of the molecule is CCOc1c(C)cc(C)cc1C(=O)CN1CCN(C)CC1. The maximum Gasteiger partial charge on any atom is 0.180 e. The molecule has 1 aromatic rings. The van der Waals surface area contributed by atoms with Gasteiger partial charge in [0.1, 0.15) is 5.75 Å². The molecule has 1 aromatic carbocycles. The highest BCUT2D eigenvalue weighted by Crippen LogP contribution is 2.26. The van der Waals surface area contributed by atoms with Crippen LogP contribution in [0.2, 0.25) is 0 Å². The first-order chi connectivity index (χ1) is 10.0. The van der Waals surface area contributed by atoms with Gasteiger partial charge in [-0.2, -0.15) is 0 Å². The molecular formula is C17H26N2O2. The summed E-state index contributed by atoms with van der Waals surface area (Å²) in [6.07, 6.45) is 0. The topological polar surface area (TPSA) is 32.8 Å². The first-order valence-electron chi connectivity index (χ1n) is 7.69. The van der Waals surface area contributed by atoms with E-state index in [2.05, 4.69) is 22.9 Å². The van der Waals surface area contributed by atoms with Gasteiger partial charge in [-0.15, -0.1) is 0 Å². The molecule has 0 N–H and O–H groups in total. The molecule has 1 aliphatic heterocycles. The van der Waals surface area contributed by atoms with Crippen LogP contribution in [-0.4, -0.2) is 62.0 Å². The number of carbonyl (C=O) groups excluding carboxylic acids is 1. The van der Waals surface area contributed by atoms with Gasteiger partial charge in [0.05, 0.1) is 18.7 Å². The van der Waals surface area contributed by atoms with E-state index in [9.17, 15) is 4.79 Å². The smallest absolute Gasteiger partial charge is 0.180 e. The lowest BCUT2D eigenvalue weighted by molar-refractivity contribution is 0.0872. The molecule has 0 unspecified atom stereocenters. The molecule has 116 valence electrons. The zero-order valence-electron chi connectivity index (χ0n) is 13.6. The predicted molar refractivity (Wildman–Crippen MR) is 85.4 cm³/mol. The third kappa shape index (κ3) is 4.05. The van der Waals surface area contributed by atoms with Gasteiger partial charge in [0.15, 0.2) is 5.78 Å². The van der Waals surface area contributed by atoms with Crippen LogP contribution in [0.5, 0.6) is 5.75 Å². The van der Waals surface area contributed by atoms with Gasteiger partial charge in [0.2, 0.25) is 0 Å². The van der Waals surface area contributed by atoms with Gasteiger partial charge in [0.25, 0.3) is 0 Å². The number of Topliss-reactive ketones (excluding diaryl/α,β-unsaturated/α-hetero) is 1. The quantitative estimate of drug-likeness (QED) is 0.778. The second-order valence-electron chi connectivity index (χ2n) is 5.89. The van der Waals surface area contributed by atoms with Crippen LogP contribution < -0.4 is 4.74 Å². The Balaban J connectivity index is 2.14. The lowest BCUT2D eigenvalue weighted by atomic mass is 10.0. The van der Waals surface area contributed by atoms with Gasteiger partial charge in [-0.05, 0) is 45.0 Å². The van der Waals surface area contributed by atoms with Crippen LogP contribution in [0.15, 0.2) is 12.1 Å². The van der Waals surface area contributed by atoms with E-state index in [0.717, 1.165) is 48.6 Å². The minimum Gasteiger partial charge on any atom is -0.493 e. The summed E-state index contributed by atoms with van der Waals surface area (Å²) in [5, 5.41) is 0. The van der Waals surface area contributed by atoms with Crippen molar-refractivity contribution >= 4 is 5.78 Å². The maximum atomic E-state index is 12.7. The van der Waals surface area contributed by atoms with E-state index >= 15 is 0 Å². The van der Waals surface area contributed by atoms with Crippen LogP contribution in [-0.2, 0) is 0 Å². The number of likely N-dealkylation sites (N-methyl/N-ethyl adjacent to an activating group) is 1. The Kier molecular flexibility index (Phi) is 5.37. The van der Waals surface area contributed by atoms with E-state index < -0.39 is 0 Å². The molecule has 0 atom stereocenters. The highest BCUT2D eigenvalue weighted by atomic mass is 16.5. The van der Waals surface area contributed by atoms with Crippen molar-refractivity contribution in [1.29, 1.82) is 0 Å². The Morgan fingerprint density at radius 3 is 2.48 bits per heavy atom. The van der Waals surface area contributed by atoms with Crippen molar-refractivity contribution in [2.75, 3.05) is 46.4 Å². The van der Waals surface area contributed by atoms with Gasteiger partial charge in [-0.3, -0.25) is 9.69 Å². The Morgan fingerprint density at radius 2 is 1.86 bits per heavy atom. The van der Waals surface area contributed by atoms with Crippen LogP contribution in [0, 0.1) is 13.8 Å². The number of benzene rings is 1. The molecule has 1 heterocycles. The average molecular weight is 290 g/mol. The summed E-state index contributed by atoms with van der Waals surface area (Å²) < 4.78 is 5.70. The van der Waals surface area contributed by atoms with Crippen molar-refractivity contribution in [3.05, 3.63) is 28.8 Å². The molecule has 0 aliphatic carbocycles. The van der Waals surface area contributed by atoms with E-state index in [1.807, 2.05) is 26.8 Å². The highest BCUT2D eigenvalue weighted by molar-refractivity contribution is 6.00. The molecule has 4 heteroatoms. The number of ether oxygens (including phenoxy) is 1. The Morgan fingerprint density at radius 1 is 1.19 bits per heavy atom. The fourth-order valence-electron chi connectivity index (χ4n) is 2.79. The third-order valence-electron chi connectivity index (χ3n) is 3.97. The van der Waals surface area contributed by atoms with Gasteiger partial charge in [-0.25, -0.2) is 0 Å². The van der Waals surface area contributed by atoms with Crippen LogP contribution in [0.25, 0.3) is 0 Å². The molecular weight excluding hydrogens is 264 g/mol. The van der Waals surface area contributed by atoms with Gasteiger partial charge in [-0.1, -0.05) is 6.07 Å². The molecule has 1 aliphatic rings. The van der Waals surface area contributed by atoms with Crippen molar-refractivity contribution in [2.24, 2.45) is 0 Å². The molecule has 21 heavy (non-hydrogen) atoms. The number of hydrogen-bond donors (Lipinski definition) is 0. The minimum atomic E-state index is 0.162. The second-order valence-corrected chi connectivity index (χ2v) is 5.89. The number of ketones is 1. The molecule has 0 amide bonds. The third-order valence-corrected chi connectivity index (χ3v) is 3.97. The summed E-state index contributed by atoms with van der Waals surface area (Å²) >= 11 is 0. The van der Waals surface area contributed by atoms with E-state index in [4.69, 9.17) is 4.74 Å². The van der Waals surface area contributed by atoms with Gasteiger partial charge < -0.3 is 9.64 Å². The summed E-state index contributed by atoms with van der Waals surface area (Å²) in [6.45, 7) is 11.0. The van der Waals surface area contributed by atoms with Crippen LogP contribution in [0.3, 0.4) is 0 Å². The number of piperazine rings is 1. The van der Waals surface area contributed by atoms with E-state index in [1.54, 1.807) is 0 Å². The van der Waals surface area contributed by atoms with Crippen LogP contribution >= 0.6 is 0 Å². The zero-order valence-corrected chi connectivity index (χ0v) is 13.6. The minimum absolute atomic E-state index is 0.162. The van der Waals surface area contributed by atoms with E-state index in [1.165, 1.54) is 0 Å².